The fourth-order valence-corrected chi connectivity index (χ4v) is 2.09. The summed E-state index contributed by atoms with van der Waals surface area (Å²) in [6.07, 6.45) is 4.81. The van der Waals surface area contributed by atoms with Gasteiger partial charge in [-0.05, 0) is 35.9 Å². The maximum absolute atomic E-state index is 13.0. The molecule has 0 bridgehead atoms. The number of alkyl halides is 1. The molecule has 1 aromatic heterocycles. The molecule has 1 aromatic carbocycles. The van der Waals surface area contributed by atoms with E-state index in [1.165, 1.54) is 0 Å². The van der Waals surface area contributed by atoms with Crippen molar-refractivity contribution in [3.8, 4) is 0 Å². The van der Waals surface area contributed by atoms with Crippen molar-refractivity contribution in [2.75, 3.05) is 5.73 Å². The maximum Gasteiger partial charge on any atom is 0.122 e. The van der Waals surface area contributed by atoms with Gasteiger partial charge in [0.05, 0.1) is 11.2 Å². The normalized spacial score (nSPS) is 18.9. The van der Waals surface area contributed by atoms with E-state index >= 15 is 0 Å². The molecule has 0 saturated carbocycles. The molecule has 90 valence electrons. The molecule has 0 aliphatic heterocycles. The van der Waals surface area contributed by atoms with Crippen LogP contribution in [0.1, 0.15) is 12.1 Å². The number of benzene rings is 1. The Morgan fingerprint density at radius 3 is 2.89 bits per heavy atom. The summed E-state index contributed by atoms with van der Waals surface area (Å²) in [4.78, 5) is 4.57. The summed E-state index contributed by atoms with van der Waals surface area (Å²) in [5.41, 5.74) is 9.21. The van der Waals surface area contributed by atoms with Crippen LogP contribution in [0.5, 0.6) is 0 Å². The molecular weight excluding hydrogens is 227 g/mol. The van der Waals surface area contributed by atoms with Gasteiger partial charge in [0, 0.05) is 17.5 Å². The van der Waals surface area contributed by atoms with Gasteiger partial charge in [0.15, 0.2) is 0 Å². The molecule has 1 unspecified atom stereocenters. The van der Waals surface area contributed by atoms with Gasteiger partial charge < -0.3 is 5.73 Å². The zero-order valence-electron chi connectivity index (χ0n) is 9.81. The summed E-state index contributed by atoms with van der Waals surface area (Å²) in [5.74, 6) is 0. The highest BCUT2D eigenvalue weighted by Gasteiger charge is 2.09. The van der Waals surface area contributed by atoms with Crippen molar-refractivity contribution in [2.24, 2.45) is 0 Å². The smallest absolute Gasteiger partial charge is 0.122 e. The standard InChI is InChI=1S/C15H13FN2/c16-12-4-1-10(2-5-12)14-7-3-11-9-13(17)6-8-15(11)18-14/h1-4,6-9,12H,5,17H2. The molecule has 2 nitrogen and oxygen atoms in total. The van der Waals surface area contributed by atoms with Crippen molar-refractivity contribution in [1.29, 1.82) is 0 Å². The number of nitrogens with two attached hydrogens (primary N) is 1. The molecule has 18 heavy (non-hydrogen) atoms. The van der Waals surface area contributed by atoms with E-state index < -0.39 is 6.17 Å². The summed E-state index contributed by atoms with van der Waals surface area (Å²) in [5, 5.41) is 1.02. The van der Waals surface area contributed by atoms with Crippen molar-refractivity contribution in [1.82, 2.24) is 4.98 Å². The van der Waals surface area contributed by atoms with E-state index in [2.05, 4.69) is 4.98 Å². The fourth-order valence-electron chi connectivity index (χ4n) is 2.09. The van der Waals surface area contributed by atoms with Crippen LogP contribution in [0.25, 0.3) is 16.5 Å². The van der Waals surface area contributed by atoms with Crippen LogP contribution in [-0.2, 0) is 0 Å². The number of rotatable bonds is 1. The van der Waals surface area contributed by atoms with Crippen LogP contribution in [0.3, 0.4) is 0 Å². The minimum Gasteiger partial charge on any atom is -0.399 e. The Labute approximate surface area is 105 Å². The van der Waals surface area contributed by atoms with Gasteiger partial charge in [0.1, 0.15) is 6.17 Å². The first-order valence-electron chi connectivity index (χ1n) is 5.91. The van der Waals surface area contributed by atoms with Crippen molar-refractivity contribution >= 4 is 22.2 Å². The van der Waals surface area contributed by atoms with Crippen LogP contribution < -0.4 is 5.73 Å². The van der Waals surface area contributed by atoms with Crippen LogP contribution in [0.4, 0.5) is 10.1 Å². The molecule has 1 heterocycles. The van der Waals surface area contributed by atoms with E-state index in [0.29, 0.717) is 6.42 Å². The SMILES string of the molecule is Nc1ccc2nc(C3=CCC(F)C=C3)ccc2c1. The maximum atomic E-state index is 13.0. The second-order valence-corrected chi connectivity index (χ2v) is 4.42. The molecule has 3 rings (SSSR count). The third kappa shape index (κ3) is 1.99. The molecule has 0 saturated heterocycles. The van der Waals surface area contributed by atoms with Crippen molar-refractivity contribution in [3.63, 3.8) is 0 Å². The number of hydrogen-bond donors (Lipinski definition) is 1. The Kier molecular flexibility index (Phi) is 2.59. The van der Waals surface area contributed by atoms with Crippen LogP contribution >= 0.6 is 0 Å². The summed E-state index contributed by atoms with van der Waals surface area (Å²) in [6, 6.07) is 9.57. The van der Waals surface area contributed by atoms with Gasteiger partial charge in [-0.25, -0.2) is 9.37 Å². The topological polar surface area (TPSA) is 38.9 Å². The zero-order valence-corrected chi connectivity index (χ0v) is 9.81. The molecule has 1 aliphatic rings. The number of nitrogens with zero attached hydrogens (tertiary/aromatic N) is 1. The molecule has 0 spiro atoms. The quantitative estimate of drug-likeness (QED) is 0.775. The van der Waals surface area contributed by atoms with E-state index in [-0.39, 0.29) is 0 Å². The Hall–Kier alpha value is -2.16. The first kappa shape index (κ1) is 11.0. The van der Waals surface area contributed by atoms with Crippen LogP contribution in [0, 0.1) is 0 Å². The molecule has 3 heteroatoms. The summed E-state index contributed by atoms with van der Waals surface area (Å²) >= 11 is 0. The van der Waals surface area contributed by atoms with E-state index in [1.807, 2.05) is 36.4 Å². The van der Waals surface area contributed by atoms with Gasteiger partial charge in [0.2, 0.25) is 0 Å². The van der Waals surface area contributed by atoms with Gasteiger partial charge in [-0.2, -0.15) is 0 Å². The number of fused-ring (bicyclic) bond motifs is 1. The van der Waals surface area contributed by atoms with Crippen molar-refractivity contribution in [3.05, 3.63) is 54.3 Å². The molecule has 2 aromatic rings. The predicted molar refractivity (Wildman–Crippen MR) is 72.8 cm³/mol. The molecule has 0 fully saturated rings. The van der Waals surface area contributed by atoms with Gasteiger partial charge >= 0.3 is 0 Å². The van der Waals surface area contributed by atoms with Gasteiger partial charge in [-0.1, -0.05) is 18.2 Å². The van der Waals surface area contributed by atoms with Crippen molar-refractivity contribution in [2.45, 2.75) is 12.6 Å². The lowest BCUT2D eigenvalue weighted by molar-refractivity contribution is 0.402. The summed E-state index contributed by atoms with van der Waals surface area (Å²) < 4.78 is 13.0. The highest BCUT2D eigenvalue weighted by Crippen LogP contribution is 2.24. The minimum absolute atomic E-state index is 0.424. The third-order valence-corrected chi connectivity index (χ3v) is 3.06. The van der Waals surface area contributed by atoms with Crippen LogP contribution in [0.15, 0.2) is 48.6 Å². The first-order chi connectivity index (χ1) is 8.72. The number of nitrogen functional groups attached to an aromatic ring is 1. The number of aromatic nitrogens is 1. The number of allylic oxidation sites excluding steroid dienone is 4. The number of pyridine rings is 1. The fraction of sp³-hybridized carbons (Fsp3) is 0.133. The largest absolute Gasteiger partial charge is 0.399 e. The first-order valence-corrected chi connectivity index (χ1v) is 5.91. The zero-order chi connectivity index (χ0) is 12.5. The highest BCUT2D eigenvalue weighted by atomic mass is 19.1. The lowest BCUT2D eigenvalue weighted by Gasteiger charge is -2.10. The number of hydrogen-bond acceptors (Lipinski definition) is 2. The summed E-state index contributed by atoms with van der Waals surface area (Å²) in [7, 11) is 0. The van der Waals surface area contributed by atoms with Crippen molar-refractivity contribution < 1.29 is 4.39 Å². The molecule has 0 amide bonds. The van der Waals surface area contributed by atoms with E-state index in [0.717, 1.165) is 27.9 Å². The number of halogens is 1. The Morgan fingerprint density at radius 2 is 2.11 bits per heavy atom. The molecule has 1 atom stereocenters. The van der Waals surface area contributed by atoms with Gasteiger partial charge in [-0.15, -0.1) is 0 Å². The molecule has 2 N–H and O–H groups in total. The number of anilines is 1. The Balaban J connectivity index is 2.04. The monoisotopic (exact) mass is 240 g/mol. The molecule has 1 aliphatic carbocycles. The average molecular weight is 240 g/mol. The lowest BCUT2D eigenvalue weighted by atomic mass is 10.0. The van der Waals surface area contributed by atoms with Crippen LogP contribution in [0.2, 0.25) is 0 Å². The highest BCUT2D eigenvalue weighted by molar-refractivity contribution is 5.85. The summed E-state index contributed by atoms with van der Waals surface area (Å²) in [6.45, 7) is 0. The molecule has 0 radical (unpaired) electrons. The minimum atomic E-state index is -0.867. The molecular formula is C15H13FN2. The van der Waals surface area contributed by atoms with Crippen LogP contribution in [-0.4, -0.2) is 11.2 Å². The predicted octanol–water partition coefficient (Wildman–Crippen LogP) is 3.50. The van der Waals surface area contributed by atoms with E-state index in [1.54, 1.807) is 12.2 Å². The Morgan fingerprint density at radius 1 is 1.22 bits per heavy atom. The van der Waals surface area contributed by atoms with Gasteiger partial charge in [-0.3, -0.25) is 0 Å². The van der Waals surface area contributed by atoms with E-state index in [4.69, 9.17) is 5.73 Å². The second-order valence-electron chi connectivity index (χ2n) is 4.42. The lowest BCUT2D eigenvalue weighted by Crippen LogP contribution is -1.99. The Bertz CT molecular complexity index is 659. The van der Waals surface area contributed by atoms with E-state index in [9.17, 15) is 4.39 Å². The van der Waals surface area contributed by atoms with Gasteiger partial charge in [0.25, 0.3) is 0 Å². The average Bonchev–Trinajstić information content (AvgIpc) is 2.39. The third-order valence-electron chi connectivity index (χ3n) is 3.06. The second kappa shape index (κ2) is 4.26.